The SMILES string of the molecule is Cc1cnc2c(OC3CCC(Nc4ncc(C5CCN(C)CC5)cn4)CC3)cc(N3CCOCC3)cc2n1. The molecular formula is C29H39N7O2. The first-order valence-electron chi connectivity index (χ1n) is 14.1. The van der Waals surface area contributed by atoms with Crippen molar-refractivity contribution in [2.24, 2.45) is 0 Å². The van der Waals surface area contributed by atoms with Gasteiger partial charge in [0, 0.05) is 49.5 Å². The smallest absolute Gasteiger partial charge is 0.222 e. The van der Waals surface area contributed by atoms with Crippen LogP contribution in [0.5, 0.6) is 5.75 Å². The zero-order valence-electron chi connectivity index (χ0n) is 22.6. The molecule has 9 nitrogen and oxygen atoms in total. The summed E-state index contributed by atoms with van der Waals surface area (Å²) in [4.78, 5) is 23.5. The highest BCUT2D eigenvalue weighted by Gasteiger charge is 2.25. The third-order valence-corrected chi connectivity index (χ3v) is 8.26. The summed E-state index contributed by atoms with van der Waals surface area (Å²) in [5, 5.41) is 3.56. The van der Waals surface area contributed by atoms with E-state index in [4.69, 9.17) is 14.5 Å². The van der Waals surface area contributed by atoms with E-state index < -0.39 is 0 Å². The number of fused-ring (bicyclic) bond motifs is 1. The van der Waals surface area contributed by atoms with Crippen LogP contribution in [0.1, 0.15) is 55.7 Å². The molecule has 1 saturated carbocycles. The van der Waals surface area contributed by atoms with Gasteiger partial charge in [0.25, 0.3) is 0 Å². The van der Waals surface area contributed by atoms with Crippen molar-refractivity contribution in [1.82, 2.24) is 24.8 Å². The molecule has 38 heavy (non-hydrogen) atoms. The van der Waals surface area contributed by atoms with E-state index in [2.05, 4.69) is 49.2 Å². The molecular weight excluding hydrogens is 478 g/mol. The molecule has 3 aromatic rings. The van der Waals surface area contributed by atoms with E-state index in [1.165, 1.54) is 18.4 Å². The van der Waals surface area contributed by atoms with Crippen LogP contribution >= 0.6 is 0 Å². The molecule has 0 spiro atoms. The summed E-state index contributed by atoms with van der Waals surface area (Å²) in [6.45, 7) is 7.52. The van der Waals surface area contributed by atoms with Crippen LogP contribution in [-0.2, 0) is 4.74 Å². The summed E-state index contributed by atoms with van der Waals surface area (Å²) in [5.41, 5.74) is 5.04. The van der Waals surface area contributed by atoms with Gasteiger partial charge in [-0.15, -0.1) is 0 Å². The van der Waals surface area contributed by atoms with Gasteiger partial charge in [0.1, 0.15) is 11.3 Å². The number of aromatic nitrogens is 4. The lowest BCUT2D eigenvalue weighted by Crippen LogP contribution is -2.36. The number of morpholine rings is 1. The molecule has 2 saturated heterocycles. The van der Waals surface area contributed by atoms with E-state index >= 15 is 0 Å². The standard InChI is InChI=1S/C29H39N7O2/c1-20-17-30-28-26(33-20)15-24(36-11-13-37-14-12-36)16-27(28)38-25-5-3-23(4-6-25)34-29-31-18-22(19-32-29)21-7-9-35(2)10-8-21/h15-19,21,23,25H,3-14H2,1-2H3,(H,31,32,34). The first-order valence-corrected chi connectivity index (χ1v) is 14.1. The number of benzene rings is 1. The molecule has 6 rings (SSSR count). The van der Waals surface area contributed by atoms with Crippen molar-refractivity contribution in [2.75, 3.05) is 56.7 Å². The van der Waals surface area contributed by atoms with Gasteiger partial charge in [0.15, 0.2) is 0 Å². The van der Waals surface area contributed by atoms with Crippen molar-refractivity contribution in [3.8, 4) is 5.75 Å². The van der Waals surface area contributed by atoms with Crippen LogP contribution < -0.4 is 15.0 Å². The van der Waals surface area contributed by atoms with Gasteiger partial charge in [-0.2, -0.15) is 0 Å². The summed E-state index contributed by atoms with van der Waals surface area (Å²) < 4.78 is 12.2. The van der Waals surface area contributed by atoms with Crippen LogP contribution in [0.25, 0.3) is 11.0 Å². The number of ether oxygens (including phenoxy) is 2. The predicted molar refractivity (Wildman–Crippen MR) is 149 cm³/mol. The Morgan fingerprint density at radius 1 is 0.895 bits per heavy atom. The van der Waals surface area contributed by atoms with E-state index in [0.29, 0.717) is 12.0 Å². The Kier molecular flexibility index (Phi) is 7.56. The fourth-order valence-electron chi connectivity index (χ4n) is 5.92. The third-order valence-electron chi connectivity index (χ3n) is 8.26. The second kappa shape index (κ2) is 11.4. The minimum Gasteiger partial charge on any atom is -0.488 e. The van der Waals surface area contributed by atoms with Gasteiger partial charge in [-0.25, -0.2) is 19.9 Å². The molecule has 0 amide bonds. The number of likely N-dealkylation sites (tertiary alicyclic amines) is 1. The zero-order valence-corrected chi connectivity index (χ0v) is 22.6. The molecule has 1 aromatic carbocycles. The molecule has 1 N–H and O–H groups in total. The van der Waals surface area contributed by atoms with Crippen molar-refractivity contribution in [1.29, 1.82) is 0 Å². The quantitative estimate of drug-likeness (QED) is 0.517. The number of hydrogen-bond donors (Lipinski definition) is 1. The van der Waals surface area contributed by atoms with Crippen molar-refractivity contribution >= 4 is 22.7 Å². The minimum atomic E-state index is 0.159. The highest BCUT2D eigenvalue weighted by atomic mass is 16.5. The maximum atomic E-state index is 6.61. The lowest BCUT2D eigenvalue weighted by molar-refractivity contribution is 0.122. The number of nitrogens with zero attached hydrogens (tertiary/aromatic N) is 6. The second-order valence-corrected chi connectivity index (χ2v) is 11.1. The molecule has 2 aromatic heterocycles. The Morgan fingerprint density at radius 3 is 2.37 bits per heavy atom. The van der Waals surface area contributed by atoms with Gasteiger partial charge in [0.05, 0.1) is 30.5 Å². The fourth-order valence-corrected chi connectivity index (χ4v) is 5.92. The summed E-state index contributed by atoms with van der Waals surface area (Å²) in [5.74, 6) is 2.15. The lowest BCUT2D eigenvalue weighted by atomic mass is 9.91. The van der Waals surface area contributed by atoms with Crippen molar-refractivity contribution < 1.29 is 9.47 Å². The van der Waals surface area contributed by atoms with E-state index in [1.807, 2.05) is 25.5 Å². The van der Waals surface area contributed by atoms with E-state index in [-0.39, 0.29) is 6.10 Å². The van der Waals surface area contributed by atoms with Gasteiger partial charge in [-0.3, -0.25) is 0 Å². The topological polar surface area (TPSA) is 88.5 Å². The molecule has 4 heterocycles. The van der Waals surface area contributed by atoms with Crippen molar-refractivity contribution in [3.63, 3.8) is 0 Å². The van der Waals surface area contributed by atoms with Crippen LogP contribution in [0.15, 0.2) is 30.7 Å². The Morgan fingerprint density at radius 2 is 1.63 bits per heavy atom. The van der Waals surface area contributed by atoms with Crippen LogP contribution in [0.2, 0.25) is 0 Å². The second-order valence-electron chi connectivity index (χ2n) is 11.1. The van der Waals surface area contributed by atoms with E-state index in [0.717, 1.165) is 99.2 Å². The van der Waals surface area contributed by atoms with Gasteiger partial charge in [-0.05, 0) is 83.1 Å². The van der Waals surface area contributed by atoms with Crippen LogP contribution in [0.4, 0.5) is 11.6 Å². The molecule has 2 aliphatic heterocycles. The summed E-state index contributed by atoms with van der Waals surface area (Å²) in [6.07, 6.45) is 12.4. The van der Waals surface area contributed by atoms with Crippen LogP contribution in [0.3, 0.4) is 0 Å². The maximum Gasteiger partial charge on any atom is 0.222 e. The van der Waals surface area contributed by atoms with E-state index in [1.54, 1.807) is 0 Å². The summed E-state index contributed by atoms with van der Waals surface area (Å²) in [6, 6.07) is 4.64. The Bertz CT molecular complexity index is 1220. The Hall–Kier alpha value is -3.04. The normalized spacial score (nSPS) is 23.5. The van der Waals surface area contributed by atoms with E-state index in [9.17, 15) is 0 Å². The summed E-state index contributed by atoms with van der Waals surface area (Å²) >= 11 is 0. The highest BCUT2D eigenvalue weighted by Crippen LogP contribution is 2.34. The van der Waals surface area contributed by atoms with Gasteiger partial charge >= 0.3 is 0 Å². The third kappa shape index (κ3) is 5.83. The number of anilines is 2. The monoisotopic (exact) mass is 517 g/mol. The molecule has 9 heteroatoms. The minimum absolute atomic E-state index is 0.159. The maximum absolute atomic E-state index is 6.61. The molecule has 3 fully saturated rings. The molecule has 3 aliphatic rings. The predicted octanol–water partition coefficient (Wildman–Crippen LogP) is 4.18. The summed E-state index contributed by atoms with van der Waals surface area (Å²) in [7, 11) is 2.19. The number of rotatable bonds is 6. The first-order chi connectivity index (χ1) is 18.6. The van der Waals surface area contributed by atoms with Crippen LogP contribution in [-0.4, -0.2) is 83.4 Å². The molecule has 0 bridgehead atoms. The highest BCUT2D eigenvalue weighted by molar-refractivity contribution is 5.85. The van der Waals surface area contributed by atoms with Gasteiger partial charge < -0.3 is 24.6 Å². The Balaban J connectivity index is 1.07. The van der Waals surface area contributed by atoms with Gasteiger partial charge in [0.2, 0.25) is 5.95 Å². The first kappa shape index (κ1) is 25.2. The number of nitrogens with one attached hydrogen (secondary N) is 1. The molecule has 0 atom stereocenters. The number of piperidine rings is 1. The van der Waals surface area contributed by atoms with Gasteiger partial charge in [-0.1, -0.05) is 0 Å². The molecule has 0 unspecified atom stereocenters. The average Bonchev–Trinajstić information content (AvgIpc) is 2.95. The lowest BCUT2D eigenvalue weighted by Gasteiger charge is -2.31. The molecule has 202 valence electrons. The molecule has 0 radical (unpaired) electrons. The molecule has 1 aliphatic carbocycles. The Labute approximate surface area is 225 Å². The van der Waals surface area contributed by atoms with Crippen molar-refractivity contribution in [3.05, 3.63) is 42.0 Å². The zero-order chi connectivity index (χ0) is 25.9. The largest absolute Gasteiger partial charge is 0.488 e. The number of aryl methyl sites for hydroxylation is 1. The van der Waals surface area contributed by atoms with Crippen molar-refractivity contribution in [2.45, 2.75) is 63.5 Å². The average molecular weight is 518 g/mol. The fraction of sp³-hybridized carbons (Fsp3) is 0.586. The number of hydrogen-bond acceptors (Lipinski definition) is 9. The van der Waals surface area contributed by atoms with Crippen LogP contribution in [0, 0.1) is 6.92 Å².